The van der Waals surface area contributed by atoms with Gasteiger partial charge in [-0.1, -0.05) is 30.3 Å². The monoisotopic (exact) mass is 697 g/mol. The number of aromatic nitrogens is 1. The molecule has 4 aromatic rings. The molecule has 0 radical (unpaired) electrons. The Morgan fingerprint density at radius 2 is 1.71 bits per heavy atom. The van der Waals surface area contributed by atoms with Crippen molar-refractivity contribution in [1.29, 1.82) is 0 Å². The maximum absolute atomic E-state index is 13.6. The van der Waals surface area contributed by atoms with Gasteiger partial charge in [-0.2, -0.15) is 13.2 Å². The molecule has 2 aliphatic heterocycles. The fourth-order valence-electron chi connectivity index (χ4n) is 5.94. The van der Waals surface area contributed by atoms with Gasteiger partial charge in [-0.05, 0) is 73.8 Å². The van der Waals surface area contributed by atoms with E-state index in [1.165, 1.54) is 12.5 Å². The molecule has 0 spiro atoms. The Kier molecular flexibility index (Phi) is 13.5. The van der Waals surface area contributed by atoms with Crippen molar-refractivity contribution in [3.8, 4) is 17.0 Å². The molecule has 0 bridgehead atoms. The Balaban J connectivity index is 0.00000468. The van der Waals surface area contributed by atoms with E-state index in [4.69, 9.17) is 14.8 Å². The van der Waals surface area contributed by atoms with Gasteiger partial charge in [-0.15, -0.1) is 12.2 Å². The molecule has 49 heavy (non-hydrogen) atoms. The first-order valence-corrected chi connectivity index (χ1v) is 16.4. The molecule has 0 unspecified atom stereocenters. The van der Waals surface area contributed by atoms with E-state index in [-0.39, 0.29) is 63.9 Å². The largest absolute Gasteiger partial charge is 1.00 e. The van der Waals surface area contributed by atoms with Gasteiger partial charge in [0.15, 0.2) is 0 Å². The molecular formula is C37H39F3KN5O3. The molecular weight excluding hydrogens is 659 g/mol. The minimum atomic E-state index is -4.43. The van der Waals surface area contributed by atoms with Crippen molar-refractivity contribution in [3.63, 3.8) is 0 Å². The summed E-state index contributed by atoms with van der Waals surface area (Å²) in [5.74, 6) is 0.175. The van der Waals surface area contributed by atoms with Crippen LogP contribution in [0.5, 0.6) is 5.75 Å². The Morgan fingerprint density at radius 3 is 2.51 bits per heavy atom. The number of pyridine rings is 1. The third-order valence-electron chi connectivity index (χ3n) is 8.56. The third kappa shape index (κ3) is 10.5. The van der Waals surface area contributed by atoms with Crippen LogP contribution in [0.2, 0.25) is 0 Å². The van der Waals surface area contributed by atoms with Crippen LogP contribution in [0.4, 0.5) is 30.2 Å². The fourth-order valence-corrected chi connectivity index (χ4v) is 5.94. The number of ether oxygens (including phenoxy) is 2. The summed E-state index contributed by atoms with van der Waals surface area (Å²) in [6.45, 7) is 6.59. The minimum absolute atomic E-state index is 0. The zero-order valence-electron chi connectivity index (χ0n) is 27.7. The fraction of sp³-hybridized carbons (Fsp3) is 0.351. The Morgan fingerprint density at radius 1 is 0.918 bits per heavy atom. The SMILES string of the molecule is O=C(Nc1ccc(N2CCCCC2)cc1-c1cc(OCc2cccc(C(F)(F)F)c2)ccn1)c1cccc([N-]CCN2CCOCC2)c1.[K+]. The quantitative estimate of drug-likeness (QED) is 0.224. The van der Waals surface area contributed by atoms with E-state index >= 15 is 0 Å². The average Bonchev–Trinajstić information content (AvgIpc) is 3.12. The number of carbonyl (C=O) groups is 1. The van der Waals surface area contributed by atoms with Crippen molar-refractivity contribution in [2.24, 2.45) is 0 Å². The van der Waals surface area contributed by atoms with Crippen LogP contribution in [0.15, 0.2) is 85.1 Å². The van der Waals surface area contributed by atoms with Gasteiger partial charge < -0.3 is 29.9 Å². The van der Waals surface area contributed by atoms with Crippen LogP contribution in [0, 0.1) is 0 Å². The van der Waals surface area contributed by atoms with Gasteiger partial charge >= 0.3 is 57.6 Å². The smallest absolute Gasteiger partial charge is 0.683 e. The number of nitrogens with one attached hydrogen (secondary N) is 1. The van der Waals surface area contributed by atoms with Gasteiger partial charge in [0.25, 0.3) is 5.91 Å². The van der Waals surface area contributed by atoms with Crippen LogP contribution in [0.1, 0.15) is 40.7 Å². The van der Waals surface area contributed by atoms with Gasteiger partial charge in [0.2, 0.25) is 0 Å². The number of rotatable bonds is 11. The summed E-state index contributed by atoms with van der Waals surface area (Å²) in [4.78, 5) is 22.8. The molecule has 3 heterocycles. The van der Waals surface area contributed by atoms with E-state index in [1.54, 1.807) is 36.5 Å². The summed E-state index contributed by atoms with van der Waals surface area (Å²) in [5, 5.41) is 7.78. The number of hydrogen-bond acceptors (Lipinski definition) is 6. The van der Waals surface area contributed by atoms with Crippen LogP contribution >= 0.6 is 0 Å². The van der Waals surface area contributed by atoms with Crippen LogP contribution in [-0.4, -0.2) is 68.3 Å². The zero-order chi connectivity index (χ0) is 33.3. The first-order valence-electron chi connectivity index (χ1n) is 16.4. The number of carbonyl (C=O) groups excluding carboxylic acids is 1. The first-order chi connectivity index (χ1) is 23.3. The predicted octanol–water partition coefficient (Wildman–Crippen LogP) is 4.93. The van der Waals surface area contributed by atoms with E-state index in [1.807, 2.05) is 30.3 Å². The molecule has 2 fully saturated rings. The number of morpholine rings is 1. The van der Waals surface area contributed by atoms with Gasteiger partial charge in [-0.3, -0.25) is 9.78 Å². The van der Waals surface area contributed by atoms with Crippen LogP contribution in [-0.2, 0) is 17.5 Å². The number of anilines is 2. The van der Waals surface area contributed by atoms with Gasteiger partial charge in [0.1, 0.15) is 12.4 Å². The minimum Gasteiger partial charge on any atom is -0.683 e. The number of piperidine rings is 1. The molecule has 2 saturated heterocycles. The Hall–Kier alpha value is -2.97. The second-order valence-corrected chi connectivity index (χ2v) is 12.0. The molecule has 6 rings (SSSR count). The standard InChI is InChI=1S/C37H39F3N5O3.K/c38-37(39,40)29-8-4-6-27(22-29)26-48-32-12-13-42-35(25-32)33-24-31(45-15-2-1-3-16-45)10-11-34(33)43-36(46)28-7-5-9-30(23-28)41-14-17-44-18-20-47-21-19-44;/h4-13,22-25H,1-3,14-21,26H2,(H,42,43,46);/q-1;+1. The molecule has 1 amide bonds. The molecule has 12 heteroatoms. The Labute approximate surface area is 327 Å². The normalized spacial score (nSPS) is 15.3. The second-order valence-electron chi connectivity index (χ2n) is 12.0. The van der Waals surface area contributed by atoms with Crippen molar-refractivity contribution in [2.45, 2.75) is 32.0 Å². The number of amides is 1. The molecule has 3 aromatic carbocycles. The van der Waals surface area contributed by atoms with Gasteiger partial charge in [-0.25, -0.2) is 0 Å². The van der Waals surface area contributed by atoms with E-state index in [2.05, 4.69) is 20.1 Å². The molecule has 252 valence electrons. The van der Waals surface area contributed by atoms with Gasteiger partial charge in [0, 0.05) is 55.3 Å². The van der Waals surface area contributed by atoms with Crippen LogP contribution in [0.25, 0.3) is 16.6 Å². The number of benzene rings is 3. The second kappa shape index (κ2) is 17.8. The number of hydrogen-bond donors (Lipinski definition) is 1. The topological polar surface area (TPSA) is 81.0 Å². The molecule has 1 aromatic heterocycles. The number of halogens is 3. The zero-order valence-corrected chi connectivity index (χ0v) is 30.8. The third-order valence-corrected chi connectivity index (χ3v) is 8.56. The van der Waals surface area contributed by atoms with Crippen LogP contribution in [0.3, 0.4) is 0 Å². The molecule has 1 N–H and O–H groups in total. The predicted molar refractivity (Wildman–Crippen MR) is 181 cm³/mol. The molecule has 0 aliphatic carbocycles. The molecule has 2 aliphatic rings. The first kappa shape index (κ1) is 37.3. The maximum atomic E-state index is 13.6. The summed E-state index contributed by atoms with van der Waals surface area (Å²) in [7, 11) is 0. The van der Waals surface area contributed by atoms with E-state index < -0.39 is 11.7 Å². The van der Waals surface area contributed by atoms with E-state index in [0.717, 1.165) is 82.3 Å². The number of nitrogens with zero attached hydrogens (tertiary/aromatic N) is 4. The summed E-state index contributed by atoms with van der Waals surface area (Å²) in [5.41, 5.74) is 3.79. The molecule has 0 saturated carbocycles. The average molecular weight is 698 g/mol. The van der Waals surface area contributed by atoms with Crippen molar-refractivity contribution < 1.29 is 78.8 Å². The molecule has 0 atom stereocenters. The van der Waals surface area contributed by atoms with Gasteiger partial charge in [0.05, 0.1) is 30.2 Å². The van der Waals surface area contributed by atoms with E-state index in [0.29, 0.717) is 40.4 Å². The Bertz CT molecular complexity index is 1690. The number of alkyl halides is 3. The van der Waals surface area contributed by atoms with Crippen molar-refractivity contribution in [2.75, 3.05) is 62.7 Å². The van der Waals surface area contributed by atoms with Crippen LogP contribution < -0.4 is 66.3 Å². The summed E-state index contributed by atoms with van der Waals surface area (Å²) in [6.07, 6.45) is 0.581. The summed E-state index contributed by atoms with van der Waals surface area (Å²) in [6, 6.07) is 21.7. The van der Waals surface area contributed by atoms with Crippen molar-refractivity contribution in [1.82, 2.24) is 9.88 Å². The summed E-state index contributed by atoms with van der Waals surface area (Å²) < 4.78 is 51.0. The molecule has 8 nitrogen and oxygen atoms in total. The van der Waals surface area contributed by atoms with Crippen molar-refractivity contribution >= 4 is 23.0 Å². The van der Waals surface area contributed by atoms with Crippen molar-refractivity contribution in [3.05, 3.63) is 107 Å². The maximum Gasteiger partial charge on any atom is 1.00 e. The van der Waals surface area contributed by atoms with E-state index in [9.17, 15) is 18.0 Å². The summed E-state index contributed by atoms with van der Waals surface area (Å²) >= 11 is 0.